The van der Waals surface area contributed by atoms with Crippen LogP contribution in [-0.2, 0) is 11.3 Å². The van der Waals surface area contributed by atoms with Crippen LogP contribution in [0.15, 0.2) is 10.6 Å². The van der Waals surface area contributed by atoms with Crippen LogP contribution < -0.4 is 5.73 Å². The molecule has 0 spiro atoms. The maximum absolute atomic E-state index is 12.1. The molecule has 0 saturated carbocycles. The molecule has 0 fully saturated rings. The summed E-state index contributed by atoms with van der Waals surface area (Å²) in [4.78, 5) is 14.0. The van der Waals surface area contributed by atoms with E-state index in [-0.39, 0.29) is 24.2 Å². The molecule has 18 heavy (non-hydrogen) atoms. The number of aromatic nitrogens is 1. The van der Waals surface area contributed by atoms with Gasteiger partial charge in [0.1, 0.15) is 6.61 Å². The number of nitrogens with two attached hydrogens (primary N) is 1. The van der Waals surface area contributed by atoms with Crippen molar-refractivity contribution >= 4 is 23.1 Å². The van der Waals surface area contributed by atoms with E-state index < -0.39 is 0 Å². The number of rotatable bonds is 6. The lowest BCUT2D eigenvalue weighted by Gasteiger charge is -2.23. The number of hydrogen-bond donors (Lipinski definition) is 1. The summed E-state index contributed by atoms with van der Waals surface area (Å²) in [5.41, 5.74) is 5.71. The third-order valence-corrected chi connectivity index (χ3v) is 2.71. The molecule has 1 rings (SSSR count). The zero-order chi connectivity index (χ0) is 13.7. The van der Waals surface area contributed by atoms with Crippen molar-refractivity contribution in [3.05, 3.63) is 17.5 Å². The molecule has 1 aromatic heterocycles. The van der Waals surface area contributed by atoms with Crippen molar-refractivity contribution in [3.63, 3.8) is 0 Å². The van der Waals surface area contributed by atoms with Gasteiger partial charge in [0.05, 0.1) is 4.99 Å². The first-order valence-corrected chi connectivity index (χ1v) is 5.86. The summed E-state index contributed by atoms with van der Waals surface area (Å²) in [5.74, 6) is 0.279. The number of nitrogens with zero attached hydrogens (tertiary/aromatic N) is 2. The molecule has 0 aliphatic heterocycles. The number of thiocarbonyl (C=S) groups is 1. The number of methoxy groups -OCH3 is 1. The largest absolute Gasteiger partial charge is 0.393 e. The van der Waals surface area contributed by atoms with Gasteiger partial charge in [-0.25, -0.2) is 0 Å². The van der Waals surface area contributed by atoms with Gasteiger partial charge in [-0.2, -0.15) is 0 Å². The fraction of sp³-hybridized carbons (Fsp3) is 0.545. The van der Waals surface area contributed by atoms with Crippen molar-refractivity contribution in [3.8, 4) is 0 Å². The van der Waals surface area contributed by atoms with Crippen LogP contribution in [0.4, 0.5) is 0 Å². The lowest BCUT2D eigenvalue weighted by atomic mass is 10.2. The number of ether oxygens (including phenoxy) is 1. The molecular weight excluding hydrogens is 254 g/mol. The van der Waals surface area contributed by atoms with E-state index in [1.54, 1.807) is 20.2 Å². The van der Waals surface area contributed by atoms with Gasteiger partial charge in [0.15, 0.2) is 11.5 Å². The van der Waals surface area contributed by atoms with E-state index in [0.717, 1.165) is 0 Å². The quantitative estimate of drug-likeness (QED) is 0.776. The molecule has 0 bridgehead atoms. The number of hydrogen-bond acceptors (Lipinski definition) is 5. The molecule has 100 valence electrons. The van der Waals surface area contributed by atoms with E-state index in [0.29, 0.717) is 17.2 Å². The van der Waals surface area contributed by atoms with Gasteiger partial charge in [-0.15, -0.1) is 0 Å². The van der Waals surface area contributed by atoms with Crippen LogP contribution in [0.1, 0.15) is 29.6 Å². The lowest BCUT2D eigenvalue weighted by Crippen LogP contribution is -2.37. The van der Waals surface area contributed by atoms with Crippen LogP contribution in [0, 0.1) is 0 Å². The van der Waals surface area contributed by atoms with E-state index in [9.17, 15) is 4.79 Å². The highest BCUT2D eigenvalue weighted by Crippen LogP contribution is 2.10. The van der Waals surface area contributed by atoms with Crippen molar-refractivity contribution in [2.24, 2.45) is 5.73 Å². The molecule has 0 radical (unpaired) electrons. The summed E-state index contributed by atoms with van der Waals surface area (Å²) in [7, 11) is 3.22. The Labute approximate surface area is 111 Å². The summed E-state index contributed by atoms with van der Waals surface area (Å²) in [5, 5.41) is 3.71. The van der Waals surface area contributed by atoms with Gasteiger partial charge in [0.25, 0.3) is 5.91 Å². The highest BCUT2D eigenvalue weighted by Gasteiger charge is 2.21. The van der Waals surface area contributed by atoms with Gasteiger partial charge >= 0.3 is 0 Å². The second-order valence-electron chi connectivity index (χ2n) is 4.05. The second kappa shape index (κ2) is 6.46. The predicted molar refractivity (Wildman–Crippen MR) is 70.2 cm³/mol. The van der Waals surface area contributed by atoms with Crippen molar-refractivity contribution < 1.29 is 14.1 Å². The molecule has 0 saturated heterocycles. The van der Waals surface area contributed by atoms with E-state index in [1.165, 1.54) is 4.90 Å². The van der Waals surface area contributed by atoms with Crippen molar-refractivity contribution in [1.82, 2.24) is 10.1 Å². The Hall–Kier alpha value is -1.47. The van der Waals surface area contributed by atoms with Gasteiger partial charge < -0.3 is 19.9 Å². The minimum absolute atomic E-state index is 0.0856. The Morgan fingerprint density at radius 1 is 1.72 bits per heavy atom. The van der Waals surface area contributed by atoms with Crippen molar-refractivity contribution in [2.45, 2.75) is 26.0 Å². The van der Waals surface area contributed by atoms with Crippen LogP contribution in [0.25, 0.3) is 0 Å². The Bertz CT molecular complexity index is 433. The number of amides is 1. The zero-order valence-corrected chi connectivity index (χ0v) is 11.5. The fourth-order valence-corrected chi connectivity index (χ4v) is 1.67. The molecule has 2 N–H and O–H groups in total. The minimum atomic E-state index is -0.232. The number of carbonyl (C=O) groups excluding carboxylic acids is 1. The molecule has 7 heteroatoms. The van der Waals surface area contributed by atoms with Gasteiger partial charge in [0, 0.05) is 32.7 Å². The summed E-state index contributed by atoms with van der Waals surface area (Å²) in [6, 6.07) is 1.48. The van der Waals surface area contributed by atoms with Crippen molar-refractivity contribution in [2.75, 3.05) is 14.2 Å². The van der Waals surface area contributed by atoms with E-state index in [1.807, 2.05) is 6.92 Å². The van der Waals surface area contributed by atoms with Gasteiger partial charge in [-0.05, 0) is 6.92 Å². The van der Waals surface area contributed by atoms with Crippen LogP contribution in [0.2, 0.25) is 0 Å². The normalized spacial score (nSPS) is 12.2. The molecular formula is C11H17N3O3S. The SMILES string of the molecule is COCc1cc(C(=O)N(C)C(C)CC(N)=S)no1. The Balaban J connectivity index is 2.70. The zero-order valence-electron chi connectivity index (χ0n) is 10.7. The molecule has 1 heterocycles. The Morgan fingerprint density at radius 3 is 2.94 bits per heavy atom. The average Bonchev–Trinajstić information content (AvgIpc) is 2.75. The van der Waals surface area contributed by atoms with Gasteiger partial charge in [-0.1, -0.05) is 17.4 Å². The summed E-state index contributed by atoms with van der Waals surface area (Å²) in [6.45, 7) is 2.15. The van der Waals surface area contributed by atoms with Crippen LogP contribution >= 0.6 is 12.2 Å². The summed E-state index contributed by atoms with van der Waals surface area (Å²) < 4.78 is 9.85. The predicted octanol–water partition coefficient (Wildman–Crippen LogP) is 0.958. The molecule has 0 aliphatic rings. The maximum Gasteiger partial charge on any atom is 0.276 e. The second-order valence-corrected chi connectivity index (χ2v) is 4.57. The Morgan fingerprint density at radius 2 is 2.39 bits per heavy atom. The van der Waals surface area contributed by atoms with Crippen LogP contribution in [0.5, 0.6) is 0 Å². The lowest BCUT2D eigenvalue weighted by molar-refractivity contribution is 0.0737. The van der Waals surface area contributed by atoms with Gasteiger partial charge in [0.2, 0.25) is 0 Å². The van der Waals surface area contributed by atoms with E-state index >= 15 is 0 Å². The highest BCUT2D eigenvalue weighted by atomic mass is 32.1. The molecule has 6 nitrogen and oxygen atoms in total. The third-order valence-electron chi connectivity index (χ3n) is 2.54. The first kappa shape index (κ1) is 14.6. The van der Waals surface area contributed by atoms with E-state index in [4.69, 9.17) is 27.2 Å². The third kappa shape index (κ3) is 3.78. The standard InChI is InChI=1S/C11H17N3O3S/c1-7(4-10(12)18)14(2)11(15)9-5-8(6-16-3)17-13-9/h5,7H,4,6H2,1-3H3,(H2,12,18). The van der Waals surface area contributed by atoms with Crippen molar-refractivity contribution in [1.29, 1.82) is 0 Å². The Kier molecular flexibility index (Phi) is 5.24. The molecule has 1 atom stereocenters. The topological polar surface area (TPSA) is 81.6 Å². The molecule has 1 unspecified atom stereocenters. The summed E-state index contributed by atoms with van der Waals surface area (Å²) in [6.07, 6.45) is 0.473. The first-order valence-electron chi connectivity index (χ1n) is 5.45. The minimum Gasteiger partial charge on any atom is -0.393 e. The molecule has 1 amide bonds. The first-order chi connectivity index (χ1) is 8.45. The van der Waals surface area contributed by atoms with Gasteiger partial charge in [-0.3, -0.25) is 4.79 Å². The molecule has 0 aliphatic carbocycles. The average molecular weight is 271 g/mol. The van der Waals surface area contributed by atoms with Crippen LogP contribution in [0.3, 0.4) is 0 Å². The monoisotopic (exact) mass is 271 g/mol. The molecule has 1 aromatic rings. The summed E-state index contributed by atoms with van der Waals surface area (Å²) >= 11 is 4.82. The number of carbonyl (C=O) groups is 1. The van der Waals surface area contributed by atoms with Crippen LogP contribution in [-0.4, -0.2) is 41.2 Å². The maximum atomic E-state index is 12.1. The fourth-order valence-electron chi connectivity index (χ4n) is 1.43. The van der Waals surface area contributed by atoms with E-state index in [2.05, 4.69) is 5.16 Å². The molecule has 0 aromatic carbocycles. The smallest absolute Gasteiger partial charge is 0.276 e. The highest BCUT2D eigenvalue weighted by molar-refractivity contribution is 7.80.